The number of halogens is 4. The first kappa shape index (κ1) is 15.3. The van der Waals surface area contributed by atoms with Crippen LogP contribution in [0.15, 0.2) is 48.5 Å². The van der Waals surface area contributed by atoms with E-state index >= 15 is 0 Å². The normalized spacial score (nSPS) is 13.0. The van der Waals surface area contributed by atoms with Crippen molar-refractivity contribution in [3.8, 4) is 5.75 Å². The molecule has 2 aromatic rings. The second-order valence-corrected chi connectivity index (χ2v) is 4.50. The molecule has 21 heavy (non-hydrogen) atoms. The maximum atomic E-state index is 13.0. The molecule has 2 N–H and O–H groups in total. The third kappa shape index (κ3) is 4.19. The fraction of sp³-hybridized carbons (Fsp3) is 0.200. The van der Waals surface area contributed by atoms with E-state index in [1.807, 2.05) is 0 Å². The summed E-state index contributed by atoms with van der Waals surface area (Å²) in [5, 5.41) is 0. The van der Waals surface area contributed by atoms with Crippen LogP contribution in [0.1, 0.15) is 17.2 Å². The van der Waals surface area contributed by atoms with Crippen molar-refractivity contribution in [3.05, 3.63) is 65.5 Å². The number of nitrogens with two attached hydrogens (primary N) is 1. The molecule has 1 atom stereocenters. The molecule has 2 nitrogen and oxygen atoms in total. The van der Waals surface area contributed by atoms with E-state index in [-0.39, 0.29) is 12.4 Å². The largest absolute Gasteiger partial charge is 0.492 e. The fourth-order valence-electron chi connectivity index (χ4n) is 1.78. The highest BCUT2D eigenvalue weighted by Crippen LogP contribution is 2.30. The average molecular weight is 299 g/mol. The highest BCUT2D eigenvalue weighted by atomic mass is 19.4. The van der Waals surface area contributed by atoms with Gasteiger partial charge in [-0.25, -0.2) is 4.39 Å². The third-order valence-corrected chi connectivity index (χ3v) is 2.87. The lowest BCUT2D eigenvalue weighted by molar-refractivity contribution is -0.137. The molecule has 0 amide bonds. The molecule has 0 fully saturated rings. The zero-order valence-corrected chi connectivity index (χ0v) is 10.9. The van der Waals surface area contributed by atoms with Crippen LogP contribution in [0, 0.1) is 5.82 Å². The van der Waals surface area contributed by atoms with Gasteiger partial charge < -0.3 is 10.5 Å². The van der Waals surface area contributed by atoms with Gasteiger partial charge in [0.05, 0.1) is 11.6 Å². The molecule has 2 rings (SSSR count). The van der Waals surface area contributed by atoms with Crippen LogP contribution in [0.5, 0.6) is 5.75 Å². The van der Waals surface area contributed by atoms with E-state index in [4.69, 9.17) is 10.5 Å². The van der Waals surface area contributed by atoms with E-state index in [2.05, 4.69) is 0 Å². The molecule has 0 aliphatic rings. The third-order valence-electron chi connectivity index (χ3n) is 2.87. The SMILES string of the molecule is N[C@H](COc1cccc(F)c1)c1cccc(C(F)(F)F)c1. The monoisotopic (exact) mass is 299 g/mol. The van der Waals surface area contributed by atoms with Gasteiger partial charge in [0.1, 0.15) is 18.2 Å². The van der Waals surface area contributed by atoms with Crippen molar-refractivity contribution in [2.45, 2.75) is 12.2 Å². The Kier molecular flexibility index (Phi) is 4.47. The van der Waals surface area contributed by atoms with Crippen molar-refractivity contribution in [1.29, 1.82) is 0 Å². The Balaban J connectivity index is 2.05. The molecule has 0 saturated heterocycles. The minimum absolute atomic E-state index is 0.0508. The van der Waals surface area contributed by atoms with E-state index in [0.717, 1.165) is 12.1 Å². The van der Waals surface area contributed by atoms with Crippen molar-refractivity contribution >= 4 is 0 Å². The molecular weight excluding hydrogens is 286 g/mol. The van der Waals surface area contributed by atoms with E-state index in [9.17, 15) is 17.6 Å². The lowest BCUT2D eigenvalue weighted by atomic mass is 10.0. The molecule has 0 unspecified atom stereocenters. The van der Waals surface area contributed by atoms with Crippen LogP contribution in [-0.4, -0.2) is 6.61 Å². The van der Waals surface area contributed by atoms with Crippen LogP contribution in [0.25, 0.3) is 0 Å². The summed E-state index contributed by atoms with van der Waals surface area (Å²) in [7, 11) is 0. The molecule has 0 aliphatic carbocycles. The van der Waals surface area contributed by atoms with Gasteiger partial charge in [0.15, 0.2) is 0 Å². The second-order valence-electron chi connectivity index (χ2n) is 4.50. The average Bonchev–Trinajstić information content (AvgIpc) is 2.44. The van der Waals surface area contributed by atoms with E-state index in [0.29, 0.717) is 5.56 Å². The first-order valence-electron chi connectivity index (χ1n) is 6.17. The zero-order valence-electron chi connectivity index (χ0n) is 10.9. The van der Waals surface area contributed by atoms with E-state index in [1.165, 1.54) is 30.3 Å². The maximum absolute atomic E-state index is 13.0. The number of ether oxygens (including phenoxy) is 1. The van der Waals surface area contributed by atoms with Gasteiger partial charge in [-0.15, -0.1) is 0 Å². The first-order chi connectivity index (χ1) is 9.86. The Morgan fingerprint density at radius 2 is 1.76 bits per heavy atom. The summed E-state index contributed by atoms with van der Waals surface area (Å²) in [6.07, 6.45) is -4.42. The maximum Gasteiger partial charge on any atom is 0.416 e. The Labute approximate surface area is 119 Å². The Bertz CT molecular complexity index is 613. The molecule has 0 spiro atoms. The molecule has 0 aromatic heterocycles. The highest BCUT2D eigenvalue weighted by molar-refractivity contribution is 5.28. The lowest BCUT2D eigenvalue weighted by Crippen LogP contribution is -2.19. The Morgan fingerprint density at radius 1 is 1.05 bits per heavy atom. The van der Waals surface area contributed by atoms with E-state index in [1.54, 1.807) is 6.07 Å². The van der Waals surface area contributed by atoms with Crippen LogP contribution in [0.4, 0.5) is 17.6 Å². The summed E-state index contributed by atoms with van der Waals surface area (Å²) in [6, 6.07) is 9.47. The Hall–Kier alpha value is -2.08. The van der Waals surface area contributed by atoms with Crippen molar-refractivity contribution in [3.63, 3.8) is 0 Å². The molecule has 2 aromatic carbocycles. The number of benzene rings is 2. The molecule has 0 aliphatic heterocycles. The quantitative estimate of drug-likeness (QED) is 0.868. The summed E-state index contributed by atoms with van der Waals surface area (Å²) in [4.78, 5) is 0. The topological polar surface area (TPSA) is 35.2 Å². The van der Waals surface area contributed by atoms with Gasteiger partial charge in [0, 0.05) is 6.07 Å². The molecule has 6 heteroatoms. The smallest absolute Gasteiger partial charge is 0.416 e. The van der Waals surface area contributed by atoms with Crippen molar-refractivity contribution in [1.82, 2.24) is 0 Å². The van der Waals surface area contributed by atoms with Crippen molar-refractivity contribution < 1.29 is 22.3 Å². The van der Waals surface area contributed by atoms with Gasteiger partial charge in [-0.05, 0) is 29.8 Å². The minimum atomic E-state index is -4.42. The van der Waals surface area contributed by atoms with Crippen LogP contribution in [0.2, 0.25) is 0 Å². The zero-order chi connectivity index (χ0) is 15.5. The fourth-order valence-corrected chi connectivity index (χ4v) is 1.78. The molecule has 0 radical (unpaired) electrons. The van der Waals surface area contributed by atoms with Gasteiger partial charge in [0.25, 0.3) is 0 Å². The van der Waals surface area contributed by atoms with Gasteiger partial charge in [0.2, 0.25) is 0 Å². The van der Waals surface area contributed by atoms with Crippen LogP contribution < -0.4 is 10.5 Å². The predicted octanol–water partition coefficient (Wildman–Crippen LogP) is 3.92. The predicted molar refractivity (Wildman–Crippen MR) is 70.3 cm³/mol. The Morgan fingerprint density at radius 3 is 2.43 bits per heavy atom. The lowest BCUT2D eigenvalue weighted by Gasteiger charge is -2.15. The van der Waals surface area contributed by atoms with Crippen LogP contribution in [-0.2, 0) is 6.18 Å². The van der Waals surface area contributed by atoms with Crippen LogP contribution in [0.3, 0.4) is 0 Å². The number of alkyl halides is 3. The van der Waals surface area contributed by atoms with Gasteiger partial charge in [-0.2, -0.15) is 13.2 Å². The van der Waals surface area contributed by atoms with E-state index < -0.39 is 23.6 Å². The van der Waals surface area contributed by atoms with Crippen molar-refractivity contribution in [2.24, 2.45) is 5.73 Å². The summed E-state index contributed by atoms with van der Waals surface area (Å²) in [5.41, 5.74) is 5.35. The summed E-state index contributed by atoms with van der Waals surface area (Å²) in [5.74, 6) is -0.183. The van der Waals surface area contributed by atoms with Crippen molar-refractivity contribution in [2.75, 3.05) is 6.61 Å². The number of hydrogen-bond acceptors (Lipinski definition) is 2. The molecule has 112 valence electrons. The number of hydrogen-bond donors (Lipinski definition) is 1. The molecule has 0 heterocycles. The molecule has 0 saturated carbocycles. The van der Waals surface area contributed by atoms with Gasteiger partial charge in [-0.1, -0.05) is 18.2 Å². The van der Waals surface area contributed by atoms with Gasteiger partial charge in [-0.3, -0.25) is 0 Å². The minimum Gasteiger partial charge on any atom is -0.492 e. The summed E-state index contributed by atoms with van der Waals surface area (Å²) < 4.78 is 56.1. The summed E-state index contributed by atoms with van der Waals surface area (Å²) >= 11 is 0. The number of rotatable bonds is 4. The molecule has 0 bridgehead atoms. The standard InChI is InChI=1S/C15H13F4NO/c16-12-5-2-6-13(8-12)21-9-14(20)10-3-1-4-11(7-10)15(17,18)19/h1-8,14H,9,20H2/t14-/m1/s1. The highest BCUT2D eigenvalue weighted by Gasteiger charge is 2.30. The van der Waals surface area contributed by atoms with Crippen LogP contribution >= 0.6 is 0 Å². The first-order valence-corrected chi connectivity index (χ1v) is 6.17. The second kappa shape index (κ2) is 6.13. The summed E-state index contributed by atoms with van der Waals surface area (Å²) in [6.45, 7) is -0.0508. The molecular formula is C15H13F4NO. The van der Waals surface area contributed by atoms with Gasteiger partial charge >= 0.3 is 6.18 Å².